The molecule has 252 valence electrons. The van der Waals surface area contributed by atoms with Crippen LogP contribution >= 0.6 is 0 Å². The summed E-state index contributed by atoms with van der Waals surface area (Å²) < 4.78 is 16.7. The van der Waals surface area contributed by atoms with Crippen LogP contribution in [0.15, 0.2) is 0 Å². The van der Waals surface area contributed by atoms with E-state index in [-0.39, 0.29) is 32.1 Å². The van der Waals surface area contributed by atoms with Crippen LogP contribution in [-0.4, -0.2) is 80.9 Å². The first-order valence-electron chi connectivity index (χ1n) is 16.2. The average Bonchev–Trinajstić information content (AvgIpc) is 2.87. The molecule has 0 aliphatic heterocycles. The molecule has 4 N–H and O–H groups in total. The van der Waals surface area contributed by atoms with Gasteiger partial charge in [0.15, 0.2) is 0 Å². The van der Waals surface area contributed by atoms with Gasteiger partial charge in [-0.15, -0.1) is 0 Å². The highest BCUT2D eigenvalue weighted by Gasteiger charge is 2.28. The van der Waals surface area contributed by atoms with Crippen molar-refractivity contribution in [3.63, 3.8) is 0 Å². The van der Waals surface area contributed by atoms with E-state index >= 15 is 0 Å². The number of carbonyl (C=O) groups is 4. The SMILES string of the molecule is CCCCC[C@H](O)C[C@H](O)CC(=O)O[C@@H](CCCCC)C[C@H](CC(=O)O[C@H](CCCCC)C[C@@H](O)CC(=O)O)OC(C)=O. The number of carboxylic acid groups (broad SMARTS) is 1. The van der Waals surface area contributed by atoms with Crippen molar-refractivity contribution in [3.05, 3.63) is 0 Å². The van der Waals surface area contributed by atoms with Crippen molar-refractivity contribution in [1.82, 2.24) is 0 Å². The maximum absolute atomic E-state index is 12.9. The summed E-state index contributed by atoms with van der Waals surface area (Å²) in [6.07, 6.45) is 3.28. The molecule has 0 heterocycles. The van der Waals surface area contributed by atoms with Crippen molar-refractivity contribution < 1.29 is 53.8 Å². The van der Waals surface area contributed by atoms with Gasteiger partial charge in [-0.2, -0.15) is 0 Å². The minimum Gasteiger partial charge on any atom is -0.481 e. The van der Waals surface area contributed by atoms with E-state index in [1.54, 1.807) is 0 Å². The van der Waals surface area contributed by atoms with E-state index in [0.717, 1.165) is 57.8 Å². The number of esters is 3. The van der Waals surface area contributed by atoms with Crippen LogP contribution in [0.1, 0.15) is 143 Å². The third kappa shape index (κ3) is 23.8. The van der Waals surface area contributed by atoms with Crippen LogP contribution in [-0.2, 0) is 33.4 Å². The van der Waals surface area contributed by atoms with Crippen LogP contribution in [0, 0.1) is 0 Å². The van der Waals surface area contributed by atoms with Crippen LogP contribution in [0.4, 0.5) is 0 Å². The van der Waals surface area contributed by atoms with Crippen LogP contribution in [0.2, 0.25) is 0 Å². The van der Waals surface area contributed by atoms with E-state index in [9.17, 15) is 34.5 Å². The first-order valence-corrected chi connectivity index (χ1v) is 16.2. The Morgan fingerprint density at radius 2 is 1.00 bits per heavy atom. The standard InChI is InChI=1S/C32H58O11/c1-5-8-11-14-24(34)17-25(35)20-31(39)43-28(16-13-10-7-3)21-29(41-23(4)33)22-32(40)42-27(15-12-9-6-2)18-26(36)19-30(37)38/h24-29,34-36H,5-22H2,1-4H3,(H,37,38)/t24-,25-,26+,27+,28-,29+/m0/s1. The molecule has 0 aromatic carbocycles. The summed E-state index contributed by atoms with van der Waals surface area (Å²) in [5.41, 5.74) is 0. The smallest absolute Gasteiger partial charge is 0.309 e. The Balaban J connectivity index is 5.34. The van der Waals surface area contributed by atoms with Crippen molar-refractivity contribution in [1.29, 1.82) is 0 Å². The lowest BCUT2D eigenvalue weighted by molar-refractivity contribution is -0.161. The second-order valence-corrected chi connectivity index (χ2v) is 11.6. The number of aliphatic carboxylic acids is 1. The highest BCUT2D eigenvalue weighted by atomic mass is 16.6. The quantitative estimate of drug-likeness (QED) is 0.0554. The van der Waals surface area contributed by atoms with Gasteiger partial charge in [0, 0.05) is 19.8 Å². The van der Waals surface area contributed by atoms with E-state index in [2.05, 4.69) is 6.92 Å². The Morgan fingerprint density at radius 3 is 1.49 bits per heavy atom. The molecule has 0 unspecified atom stereocenters. The molecular weight excluding hydrogens is 560 g/mol. The molecule has 0 saturated heterocycles. The van der Waals surface area contributed by atoms with E-state index in [1.807, 2.05) is 13.8 Å². The first-order chi connectivity index (χ1) is 20.4. The third-order valence-corrected chi connectivity index (χ3v) is 7.14. The van der Waals surface area contributed by atoms with Crippen molar-refractivity contribution in [3.8, 4) is 0 Å². The fourth-order valence-electron chi connectivity index (χ4n) is 4.97. The van der Waals surface area contributed by atoms with Gasteiger partial charge in [-0.3, -0.25) is 19.2 Å². The van der Waals surface area contributed by atoms with Gasteiger partial charge in [0.1, 0.15) is 18.3 Å². The largest absolute Gasteiger partial charge is 0.481 e. The molecule has 0 fully saturated rings. The van der Waals surface area contributed by atoms with Gasteiger partial charge in [-0.1, -0.05) is 65.7 Å². The molecule has 0 aromatic rings. The Labute approximate surface area is 257 Å². The summed E-state index contributed by atoms with van der Waals surface area (Å²) in [5, 5.41) is 39.5. The number of aliphatic hydroxyl groups excluding tert-OH is 3. The maximum Gasteiger partial charge on any atom is 0.309 e. The van der Waals surface area contributed by atoms with Gasteiger partial charge in [0.05, 0.1) is 37.6 Å². The molecule has 0 aliphatic carbocycles. The minimum atomic E-state index is -1.17. The molecule has 43 heavy (non-hydrogen) atoms. The molecule has 11 heteroatoms. The number of hydrogen-bond donors (Lipinski definition) is 4. The summed E-state index contributed by atoms with van der Waals surface area (Å²) in [6.45, 7) is 7.33. The summed E-state index contributed by atoms with van der Waals surface area (Å²) >= 11 is 0. The van der Waals surface area contributed by atoms with E-state index in [1.165, 1.54) is 6.92 Å². The molecular formula is C32H58O11. The normalized spacial score (nSPS) is 15.5. The van der Waals surface area contributed by atoms with Gasteiger partial charge < -0.3 is 34.6 Å². The Bertz CT molecular complexity index is 772. The number of ether oxygens (including phenoxy) is 3. The van der Waals surface area contributed by atoms with Crippen LogP contribution in [0.3, 0.4) is 0 Å². The van der Waals surface area contributed by atoms with Gasteiger partial charge in [-0.05, 0) is 38.5 Å². The van der Waals surface area contributed by atoms with Crippen LogP contribution in [0.25, 0.3) is 0 Å². The highest BCUT2D eigenvalue weighted by molar-refractivity contribution is 5.72. The molecule has 0 aromatic heterocycles. The lowest BCUT2D eigenvalue weighted by Gasteiger charge is -2.25. The summed E-state index contributed by atoms with van der Waals surface area (Å²) in [7, 11) is 0. The third-order valence-electron chi connectivity index (χ3n) is 7.14. The Morgan fingerprint density at radius 1 is 0.535 bits per heavy atom. The fraction of sp³-hybridized carbons (Fsp3) is 0.875. The van der Waals surface area contributed by atoms with E-state index in [0.29, 0.717) is 19.3 Å². The zero-order chi connectivity index (χ0) is 32.6. The van der Waals surface area contributed by atoms with Gasteiger partial charge >= 0.3 is 23.9 Å². The monoisotopic (exact) mass is 618 g/mol. The van der Waals surface area contributed by atoms with Crippen molar-refractivity contribution in [2.45, 2.75) is 180 Å². The van der Waals surface area contributed by atoms with Gasteiger partial charge in [0.2, 0.25) is 0 Å². The fourth-order valence-corrected chi connectivity index (χ4v) is 4.97. The zero-order valence-corrected chi connectivity index (χ0v) is 26.8. The topological polar surface area (TPSA) is 177 Å². The molecule has 0 rings (SSSR count). The van der Waals surface area contributed by atoms with E-state index < -0.39 is 66.9 Å². The Kier molecular flexibility index (Phi) is 23.8. The lowest BCUT2D eigenvalue weighted by atomic mass is 10.0. The lowest BCUT2D eigenvalue weighted by Crippen LogP contribution is -2.32. The van der Waals surface area contributed by atoms with Gasteiger partial charge in [0.25, 0.3) is 0 Å². The van der Waals surface area contributed by atoms with Crippen molar-refractivity contribution in [2.75, 3.05) is 0 Å². The minimum absolute atomic E-state index is 0.0210. The van der Waals surface area contributed by atoms with E-state index in [4.69, 9.17) is 19.3 Å². The number of carbonyl (C=O) groups excluding carboxylic acids is 3. The molecule has 0 aliphatic rings. The molecule has 6 atom stereocenters. The summed E-state index contributed by atoms with van der Waals surface area (Å²) in [4.78, 5) is 48.4. The predicted octanol–water partition coefficient (Wildman–Crippen LogP) is 4.99. The van der Waals surface area contributed by atoms with Crippen molar-refractivity contribution in [2.24, 2.45) is 0 Å². The number of carboxylic acids is 1. The average molecular weight is 619 g/mol. The number of rotatable bonds is 27. The van der Waals surface area contributed by atoms with Crippen LogP contribution in [0.5, 0.6) is 0 Å². The maximum atomic E-state index is 12.9. The summed E-state index contributed by atoms with van der Waals surface area (Å²) in [6, 6.07) is 0. The van der Waals surface area contributed by atoms with Gasteiger partial charge in [-0.25, -0.2) is 0 Å². The second kappa shape index (κ2) is 25.1. The molecule has 0 amide bonds. The molecule has 11 nitrogen and oxygen atoms in total. The first kappa shape index (κ1) is 40.8. The zero-order valence-electron chi connectivity index (χ0n) is 26.8. The molecule has 0 spiro atoms. The Hall–Kier alpha value is -2.24. The molecule has 0 bridgehead atoms. The number of hydrogen-bond acceptors (Lipinski definition) is 10. The molecule has 0 radical (unpaired) electrons. The predicted molar refractivity (Wildman–Crippen MR) is 161 cm³/mol. The highest BCUT2D eigenvalue weighted by Crippen LogP contribution is 2.21. The number of unbranched alkanes of at least 4 members (excludes halogenated alkanes) is 6. The van der Waals surface area contributed by atoms with Crippen LogP contribution < -0.4 is 0 Å². The number of aliphatic hydroxyl groups is 3. The summed E-state index contributed by atoms with van der Waals surface area (Å²) in [5.74, 6) is -3.07. The second-order valence-electron chi connectivity index (χ2n) is 11.6. The molecule has 0 saturated carbocycles. The van der Waals surface area contributed by atoms with Crippen molar-refractivity contribution >= 4 is 23.9 Å².